The number of hydrogen-bond donors (Lipinski definition) is 1. The lowest BCUT2D eigenvalue weighted by atomic mass is 9.89. The van der Waals surface area contributed by atoms with E-state index in [0.29, 0.717) is 12.6 Å². The molecule has 0 bridgehead atoms. The second-order valence-corrected chi connectivity index (χ2v) is 6.27. The van der Waals surface area contributed by atoms with Crippen molar-refractivity contribution in [1.29, 1.82) is 0 Å². The van der Waals surface area contributed by atoms with Crippen LogP contribution in [0.1, 0.15) is 38.3 Å². The zero-order chi connectivity index (χ0) is 14.8. The SMILES string of the molecule is CC1CCCN(C(CN)c2cccc3cccnc23)C1C. The maximum absolute atomic E-state index is 6.16. The number of rotatable bonds is 3. The van der Waals surface area contributed by atoms with Gasteiger partial charge in [-0.2, -0.15) is 0 Å². The summed E-state index contributed by atoms with van der Waals surface area (Å²) in [7, 11) is 0. The quantitative estimate of drug-likeness (QED) is 0.939. The Morgan fingerprint density at radius 1 is 1.29 bits per heavy atom. The second kappa shape index (κ2) is 6.12. The summed E-state index contributed by atoms with van der Waals surface area (Å²) in [5, 5.41) is 1.20. The normalized spacial score (nSPS) is 25.1. The van der Waals surface area contributed by atoms with Crippen LogP contribution in [0.4, 0.5) is 0 Å². The molecule has 1 aromatic heterocycles. The first-order valence-corrected chi connectivity index (χ1v) is 8.02. The van der Waals surface area contributed by atoms with E-state index in [1.54, 1.807) is 0 Å². The van der Waals surface area contributed by atoms with Gasteiger partial charge in [-0.05, 0) is 43.9 Å². The Balaban J connectivity index is 2.02. The van der Waals surface area contributed by atoms with Crippen LogP contribution in [-0.2, 0) is 0 Å². The van der Waals surface area contributed by atoms with Crippen molar-refractivity contribution < 1.29 is 0 Å². The Morgan fingerprint density at radius 3 is 2.90 bits per heavy atom. The van der Waals surface area contributed by atoms with Crippen LogP contribution in [0.5, 0.6) is 0 Å². The van der Waals surface area contributed by atoms with E-state index in [1.165, 1.54) is 23.8 Å². The van der Waals surface area contributed by atoms with E-state index in [2.05, 4.69) is 48.0 Å². The third-order valence-corrected chi connectivity index (χ3v) is 5.07. The summed E-state index contributed by atoms with van der Waals surface area (Å²) in [6, 6.07) is 11.4. The van der Waals surface area contributed by atoms with Gasteiger partial charge in [-0.25, -0.2) is 0 Å². The van der Waals surface area contributed by atoms with Gasteiger partial charge in [0.05, 0.1) is 5.52 Å². The molecule has 2 aromatic rings. The predicted molar refractivity (Wildman–Crippen MR) is 88.1 cm³/mol. The van der Waals surface area contributed by atoms with Gasteiger partial charge in [-0.15, -0.1) is 0 Å². The van der Waals surface area contributed by atoms with Crippen molar-refractivity contribution in [1.82, 2.24) is 9.88 Å². The van der Waals surface area contributed by atoms with E-state index in [4.69, 9.17) is 5.73 Å². The lowest BCUT2D eigenvalue weighted by Crippen LogP contribution is -2.46. The molecule has 0 spiro atoms. The molecular formula is C18H25N3. The van der Waals surface area contributed by atoms with Crippen molar-refractivity contribution in [3.8, 4) is 0 Å². The van der Waals surface area contributed by atoms with Gasteiger partial charge in [0.2, 0.25) is 0 Å². The Bertz CT molecular complexity index is 605. The highest BCUT2D eigenvalue weighted by Gasteiger charge is 2.31. The number of pyridine rings is 1. The van der Waals surface area contributed by atoms with E-state index in [9.17, 15) is 0 Å². The molecule has 3 heteroatoms. The van der Waals surface area contributed by atoms with Crippen molar-refractivity contribution in [3.05, 3.63) is 42.1 Å². The molecule has 3 atom stereocenters. The zero-order valence-electron chi connectivity index (χ0n) is 13.0. The molecule has 1 saturated heterocycles. The maximum atomic E-state index is 6.16. The fraction of sp³-hybridized carbons (Fsp3) is 0.500. The number of likely N-dealkylation sites (tertiary alicyclic amines) is 1. The summed E-state index contributed by atoms with van der Waals surface area (Å²) in [6.07, 6.45) is 4.46. The van der Waals surface area contributed by atoms with Crippen LogP contribution >= 0.6 is 0 Å². The molecule has 0 amide bonds. The van der Waals surface area contributed by atoms with Gasteiger partial charge in [-0.1, -0.05) is 31.2 Å². The highest BCUT2D eigenvalue weighted by molar-refractivity contribution is 5.82. The lowest BCUT2D eigenvalue weighted by molar-refractivity contribution is 0.0715. The highest BCUT2D eigenvalue weighted by atomic mass is 15.2. The Kier molecular flexibility index (Phi) is 4.22. The molecule has 2 N–H and O–H groups in total. The first-order valence-electron chi connectivity index (χ1n) is 8.02. The van der Waals surface area contributed by atoms with Crippen LogP contribution in [0.25, 0.3) is 10.9 Å². The summed E-state index contributed by atoms with van der Waals surface area (Å²) in [4.78, 5) is 7.19. The Labute approximate surface area is 127 Å². The highest BCUT2D eigenvalue weighted by Crippen LogP contribution is 2.33. The molecule has 1 aliphatic rings. The molecule has 0 saturated carbocycles. The predicted octanol–water partition coefficient (Wildman–Crippen LogP) is 3.36. The summed E-state index contributed by atoms with van der Waals surface area (Å²) in [5.41, 5.74) is 8.54. The molecule has 1 aromatic carbocycles. The molecule has 1 fully saturated rings. The first kappa shape index (κ1) is 14.5. The Hall–Kier alpha value is -1.45. The first-order chi connectivity index (χ1) is 10.2. The number of fused-ring (bicyclic) bond motifs is 1. The topological polar surface area (TPSA) is 42.1 Å². The number of hydrogen-bond acceptors (Lipinski definition) is 3. The summed E-state index contributed by atoms with van der Waals surface area (Å²) >= 11 is 0. The minimum atomic E-state index is 0.265. The average molecular weight is 283 g/mol. The fourth-order valence-electron chi connectivity index (χ4n) is 3.64. The van der Waals surface area contributed by atoms with Crippen LogP contribution in [0.15, 0.2) is 36.5 Å². The molecule has 3 unspecified atom stereocenters. The van der Waals surface area contributed by atoms with Crippen molar-refractivity contribution in [3.63, 3.8) is 0 Å². The van der Waals surface area contributed by atoms with Gasteiger partial charge < -0.3 is 5.73 Å². The lowest BCUT2D eigenvalue weighted by Gasteiger charge is -2.43. The standard InChI is InChI=1S/C18H25N3/c1-13-6-5-11-21(14(13)2)17(12-19)16-9-3-7-15-8-4-10-20-18(15)16/h3-4,7-10,13-14,17H,5-6,11-12,19H2,1-2H3. The van der Waals surface area contributed by atoms with Crippen molar-refractivity contribution in [2.45, 2.75) is 38.8 Å². The van der Waals surface area contributed by atoms with Crippen molar-refractivity contribution in [2.24, 2.45) is 11.7 Å². The minimum absolute atomic E-state index is 0.265. The van der Waals surface area contributed by atoms with Gasteiger partial charge >= 0.3 is 0 Å². The van der Waals surface area contributed by atoms with Crippen molar-refractivity contribution in [2.75, 3.05) is 13.1 Å². The number of para-hydroxylation sites is 1. The second-order valence-electron chi connectivity index (χ2n) is 6.27. The summed E-state index contributed by atoms with van der Waals surface area (Å²) in [6.45, 7) is 6.47. The molecule has 3 rings (SSSR count). The molecule has 0 aliphatic carbocycles. The fourth-order valence-corrected chi connectivity index (χ4v) is 3.64. The summed E-state index contributed by atoms with van der Waals surface area (Å²) in [5.74, 6) is 0.732. The molecule has 1 aliphatic heterocycles. The monoisotopic (exact) mass is 283 g/mol. The van der Waals surface area contributed by atoms with Gasteiger partial charge in [0.1, 0.15) is 0 Å². The molecule has 21 heavy (non-hydrogen) atoms. The molecule has 2 heterocycles. The van der Waals surface area contributed by atoms with Crippen molar-refractivity contribution >= 4 is 10.9 Å². The Morgan fingerprint density at radius 2 is 2.10 bits per heavy atom. The molecule has 112 valence electrons. The van der Waals surface area contributed by atoms with Crippen LogP contribution in [0.2, 0.25) is 0 Å². The van der Waals surface area contributed by atoms with Crippen LogP contribution in [0, 0.1) is 5.92 Å². The third kappa shape index (κ3) is 2.68. The van der Waals surface area contributed by atoms with Gasteiger partial charge in [0.15, 0.2) is 0 Å². The minimum Gasteiger partial charge on any atom is -0.329 e. The van der Waals surface area contributed by atoms with Gasteiger partial charge in [0, 0.05) is 30.2 Å². The molecule has 3 nitrogen and oxygen atoms in total. The smallest absolute Gasteiger partial charge is 0.0750 e. The largest absolute Gasteiger partial charge is 0.329 e. The number of piperidine rings is 1. The van der Waals surface area contributed by atoms with Gasteiger partial charge in [0.25, 0.3) is 0 Å². The van der Waals surface area contributed by atoms with E-state index in [1.807, 2.05) is 12.3 Å². The van der Waals surface area contributed by atoms with Gasteiger partial charge in [-0.3, -0.25) is 9.88 Å². The van der Waals surface area contributed by atoms with Crippen LogP contribution in [0.3, 0.4) is 0 Å². The molecule has 0 radical (unpaired) electrons. The summed E-state index contributed by atoms with van der Waals surface area (Å²) < 4.78 is 0. The van der Waals surface area contributed by atoms with Crippen LogP contribution < -0.4 is 5.73 Å². The van der Waals surface area contributed by atoms with E-state index >= 15 is 0 Å². The molecular weight excluding hydrogens is 258 g/mol. The average Bonchev–Trinajstić information content (AvgIpc) is 2.52. The number of aromatic nitrogens is 1. The van der Waals surface area contributed by atoms with E-state index in [-0.39, 0.29) is 6.04 Å². The van der Waals surface area contributed by atoms with E-state index in [0.717, 1.165) is 18.0 Å². The number of nitrogens with two attached hydrogens (primary N) is 1. The number of benzene rings is 1. The maximum Gasteiger partial charge on any atom is 0.0750 e. The zero-order valence-corrected chi connectivity index (χ0v) is 13.0. The third-order valence-electron chi connectivity index (χ3n) is 5.07. The van der Waals surface area contributed by atoms with Crippen LogP contribution in [-0.4, -0.2) is 29.0 Å². The number of nitrogens with zero attached hydrogens (tertiary/aromatic N) is 2. The van der Waals surface area contributed by atoms with E-state index < -0.39 is 0 Å².